The van der Waals surface area contributed by atoms with Gasteiger partial charge < -0.3 is 9.84 Å². The summed E-state index contributed by atoms with van der Waals surface area (Å²) in [5.41, 5.74) is 0. The van der Waals surface area contributed by atoms with Crippen molar-refractivity contribution in [3.05, 3.63) is 12.2 Å². The molecule has 3 heteroatoms. The van der Waals surface area contributed by atoms with Gasteiger partial charge in [-0.3, -0.25) is 4.79 Å². The van der Waals surface area contributed by atoms with Crippen molar-refractivity contribution >= 4 is 5.97 Å². The third kappa shape index (κ3) is 10.5. The van der Waals surface area contributed by atoms with Crippen molar-refractivity contribution in [2.75, 3.05) is 7.11 Å². The van der Waals surface area contributed by atoms with Gasteiger partial charge in [-0.2, -0.15) is 0 Å². The molecule has 0 saturated heterocycles. The van der Waals surface area contributed by atoms with Gasteiger partial charge in [0.15, 0.2) is 0 Å². The Kier molecular flexibility index (Phi) is 13.6. The third-order valence-electron chi connectivity index (χ3n) is 3.89. The molecule has 21 heavy (non-hydrogen) atoms. The molecule has 0 bridgehead atoms. The highest BCUT2D eigenvalue weighted by Crippen LogP contribution is 2.16. The summed E-state index contributed by atoms with van der Waals surface area (Å²) in [7, 11) is 1.37. The number of rotatable bonds is 13. The summed E-state index contributed by atoms with van der Waals surface area (Å²) in [6.45, 7) is 4.09. The van der Waals surface area contributed by atoms with Crippen molar-refractivity contribution in [2.45, 2.75) is 84.2 Å². The number of carbonyl (C=O) groups excluding carboxylic acids is 1. The molecule has 3 nitrogen and oxygen atoms in total. The number of ether oxygens (including phenoxy) is 1. The maximum absolute atomic E-state index is 11.6. The van der Waals surface area contributed by atoms with Crippen molar-refractivity contribution in [1.29, 1.82) is 0 Å². The van der Waals surface area contributed by atoms with E-state index in [9.17, 15) is 9.90 Å². The minimum Gasteiger partial charge on any atom is -0.468 e. The number of unbranched alkanes of at least 4 members (excludes halogenated alkanes) is 8. The molecule has 0 amide bonds. The highest BCUT2D eigenvalue weighted by atomic mass is 16.5. The van der Waals surface area contributed by atoms with Gasteiger partial charge in [-0.05, 0) is 13.3 Å². The predicted octanol–water partition coefficient (Wildman–Crippen LogP) is 4.63. The fourth-order valence-electron chi connectivity index (χ4n) is 2.55. The van der Waals surface area contributed by atoms with Crippen molar-refractivity contribution in [1.82, 2.24) is 0 Å². The zero-order valence-corrected chi connectivity index (χ0v) is 14.1. The molecule has 0 unspecified atom stereocenters. The summed E-state index contributed by atoms with van der Waals surface area (Å²) in [6.07, 6.45) is 14.9. The summed E-state index contributed by atoms with van der Waals surface area (Å²) in [5, 5.41) is 10.1. The second-order valence-electron chi connectivity index (χ2n) is 5.76. The van der Waals surface area contributed by atoms with E-state index in [-0.39, 0.29) is 5.97 Å². The number of hydrogen-bond donors (Lipinski definition) is 1. The first-order valence-electron chi connectivity index (χ1n) is 8.56. The average Bonchev–Trinajstić information content (AvgIpc) is 2.50. The Balaban J connectivity index is 3.68. The second-order valence-corrected chi connectivity index (χ2v) is 5.76. The molecule has 0 radical (unpaired) electrons. The van der Waals surface area contributed by atoms with E-state index in [0.717, 1.165) is 12.8 Å². The van der Waals surface area contributed by atoms with E-state index in [1.807, 2.05) is 6.92 Å². The maximum Gasteiger partial charge on any atom is 0.315 e. The Labute approximate surface area is 130 Å². The fourth-order valence-corrected chi connectivity index (χ4v) is 2.55. The molecule has 0 aliphatic heterocycles. The van der Waals surface area contributed by atoms with Gasteiger partial charge in [-0.1, -0.05) is 76.9 Å². The first-order chi connectivity index (χ1) is 10.2. The van der Waals surface area contributed by atoms with E-state index in [1.54, 1.807) is 12.2 Å². The Morgan fingerprint density at radius 1 is 1.05 bits per heavy atom. The molecule has 0 aromatic carbocycles. The van der Waals surface area contributed by atoms with Crippen molar-refractivity contribution in [3.63, 3.8) is 0 Å². The lowest BCUT2D eigenvalue weighted by Gasteiger charge is -2.17. The van der Waals surface area contributed by atoms with Crippen LogP contribution in [0.4, 0.5) is 0 Å². The molecule has 124 valence electrons. The molecule has 0 heterocycles. The molecule has 0 saturated carbocycles. The van der Waals surface area contributed by atoms with Gasteiger partial charge in [0.1, 0.15) is 5.92 Å². The van der Waals surface area contributed by atoms with E-state index in [2.05, 4.69) is 6.92 Å². The highest BCUT2D eigenvalue weighted by Gasteiger charge is 2.24. The van der Waals surface area contributed by atoms with E-state index in [1.165, 1.54) is 52.1 Å². The number of methoxy groups -OCH3 is 1. The summed E-state index contributed by atoms with van der Waals surface area (Å²) in [5.74, 6) is -0.870. The van der Waals surface area contributed by atoms with Gasteiger partial charge in [0.05, 0.1) is 13.2 Å². The molecule has 2 atom stereocenters. The Morgan fingerprint density at radius 2 is 1.57 bits per heavy atom. The van der Waals surface area contributed by atoms with Crippen LogP contribution in [0, 0.1) is 5.92 Å². The van der Waals surface area contributed by atoms with Crippen LogP contribution in [0.5, 0.6) is 0 Å². The molecule has 0 aromatic heterocycles. The van der Waals surface area contributed by atoms with Crippen LogP contribution in [0.2, 0.25) is 0 Å². The Bertz CT molecular complexity index is 274. The van der Waals surface area contributed by atoms with Crippen molar-refractivity contribution in [3.8, 4) is 0 Å². The van der Waals surface area contributed by atoms with E-state index in [4.69, 9.17) is 4.74 Å². The normalized spacial score (nSPS) is 14.3. The lowest BCUT2D eigenvalue weighted by atomic mass is 9.96. The molecule has 0 aromatic rings. The number of esters is 1. The first kappa shape index (κ1) is 20.2. The maximum atomic E-state index is 11.6. The quantitative estimate of drug-likeness (QED) is 0.306. The summed E-state index contributed by atoms with van der Waals surface area (Å²) < 4.78 is 4.73. The number of carbonyl (C=O) groups is 1. The predicted molar refractivity (Wildman–Crippen MR) is 88.2 cm³/mol. The van der Waals surface area contributed by atoms with E-state index >= 15 is 0 Å². The van der Waals surface area contributed by atoms with Gasteiger partial charge >= 0.3 is 5.97 Å². The SMILES string of the molecule is C/C=C/[C@H](C(=O)OC)[C@@H](O)CCCCCCCCCCC. The lowest BCUT2D eigenvalue weighted by molar-refractivity contribution is -0.147. The van der Waals surface area contributed by atoms with Gasteiger partial charge in [0, 0.05) is 0 Å². The van der Waals surface area contributed by atoms with Crippen molar-refractivity contribution in [2.24, 2.45) is 5.92 Å². The Morgan fingerprint density at radius 3 is 2.05 bits per heavy atom. The molecule has 0 aliphatic carbocycles. The molecular formula is C18H34O3. The minimum atomic E-state index is -0.627. The first-order valence-corrected chi connectivity index (χ1v) is 8.56. The lowest BCUT2D eigenvalue weighted by Crippen LogP contribution is -2.27. The van der Waals surface area contributed by atoms with Crippen LogP contribution >= 0.6 is 0 Å². The van der Waals surface area contributed by atoms with Gasteiger partial charge in [0.2, 0.25) is 0 Å². The molecule has 0 fully saturated rings. The van der Waals surface area contributed by atoms with Crippen LogP contribution < -0.4 is 0 Å². The molecule has 0 aliphatic rings. The summed E-state index contributed by atoms with van der Waals surface area (Å²) >= 11 is 0. The smallest absolute Gasteiger partial charge is 0.315 e. The van der Waals surface area contributed by atoms with Gasteiger partial charge in [-0.25, -0.2) is 0 Å². The van der Waals surface area contributed by atoms with Crippen LogP contribution in [0.3, 0.4) is 0 Å². The topological polar surface area (TPSA) is 46.5 Å². The molecule has 0 rings (SSSR count). The van der Waals surface area contributed by atoms with Crippen LogP contribution in [0.15, 0.2) is 12.2 Å². The number of aliphatic hydroxyl groups is 1. The van der Waals surface area contributed by atoms with Crippen LogP contribution in [0.1, 0.15) is 78.1 Å². The highest BCUT2D eigenvalue weighted by molar-refractivity contribution is 5.74. The molecular weight excluding hydrogens is 264 g/mol. The number of hydrogen-bond acceptors (Lipinski definition) is 3. The zero-order valence-electron chi connectivity index (χ0n) is 14.1. The summed E-state index contributed by atoms with van der Waals surface area (Å²) in [6, 6.07) is 0. The average molecular weight is 298 g/mol. The number of allylic oxidation sites excluding steroid dienone is 1. The minimum absolute atomic E-state index is 0.350. The fraction of sp³-hybridized carbons (Fsp3) is 0.833. The zero-order chi connectivity index (χ0) is 15.9. The van der Waals surface area contributed by atoms with E-state index in [0.29, 0.717) is 6.42 Å². The van der Waals surface area contributed by atoms with Crippen molar-refractivity contribution < 1.29 is 14.6 Å². The second kappa shape index (κ2) is 14.1. The van der Waals surface area contributed by atoms with Crippen LogP contribution in [0.25, 0.3) is 0 Å². The third-order valence-corrected chi connectivity index (χ3v) is 3.89. The van der Waals surface area contributed by atoms with Gasteiger partial charge in [0.25, 0.3) is 0 Å². The monoisotopic (exact) mass is 298 g/mol. The summed E-state index contributed by atoms with van der Waals surface area (Å²) in [4.78, 5) is 11.6. The number of aliphatic hydroxyl groups excluding tert-OH is 1. The van der Waals surface area contributed by atoms with Gasteiger partial charge in [-0.15, -0.1) is 0 Å². The van der Waals surface area contributed by atoms with Crippen LogP contribution in [-0.2, 0) is 9.53 Å². The largest absolute Gasteiger partial charge is 0.468 e. The molecule has 1 N–H and O–H groups in total. The van der Waals surface area contributed by atoms with E-state index < -0.39 is 12.0 Å². The Hall–Kier alpha value is -0.830. The van der Waals surface area contributed by atoms with Crippen LogP contribution in [-0.4, -0.2) is 24.3 Å². The molecule has 0 spiro atoms. The standard InChI is InChI=1S/C18H34O3/c1-4-6-7-8-9-10-11-12-13-15-17(19)16(14-5-2)18(20)21-3/h5,14,16-17,19H,4,6-13,15H2,1-3H3/b14-5+/t16-,17-/m0/s1.